The smallest absolute Gasteiger partial charge is 0.274 e. The first-order chi connectivity index (χ1) is 8.77. The van der Waals surface area contributed by atoms with Gasteiger partial charge in [-0.15, -0.1) is 0 Å². The van der Waals surface area contributed by atoms with Gasteiger partial charge in [-0.2, -0.15) is 5.10 Å². The second-order valence-electron chi connectivity index (χ2n) is 5.46. The average molecular weight is 247 g/mol. The van der Waals surface area contributed by atoms with Crippen molar-refractivity contribution < 1.29 is 4.79 Å². The molecule has 0 unspecified atom stereocenters. The molecule has 1 saturated heterocycles. The summed E-state index contributed by atoms with van der Waals surface area (Å²) < 4.78 is 1.91. The van der Waals surface area contributed by atoms with Gasteiger partial charge in [0, 0.05) is 31.4 Å². The van der Waals surface area contributed by atoms with E-state index in [9.17, 15) is 4.79 Å². The highest BCUT2D eigenvalue weighted by Crippen LogP contribution is 2.26. The molecule has 1 aromatic rings. The molecule has 1 fully saturated rings. The van der Waals surface area contributed by atoms with E-state index in [0.717, 1.165) is 44.5 Å². The van der Waals surface area contributed by atoms with Gasteiger partial charge in [-0.25, -0.2) is 0 Å². The lowest BCUT2D eigenvalue weighted by Gasteiger charge is -2.19. The molecule has 0 saturated carbocycles. The highest BCUT2D eigenvalue weighted by molar-refractivity contribution is 5.94. The van der Waals surface area contributed by atoms with Gasteiger partial charge in [0.05, 0.1) is 0 Å². The molecule has 0 radical (unpaired) electrons. The van der Waals surface area contributed by atoms with Gasteiger partial charge in [0.25, 0.3) is 5.91 Å². The normalized spacial score (nSPS) is 19.7. The Bertz CT molecular complexity index is 456. The second kappa shape index (κ2) is 4.75. The maximum Gasteiger partial charge on any atom is 0.274 e. The summed E-state index contributed by atoms with van der Waals surface area (Å²) in [6.45, 7) is 1.81. The fourth-order valence-corrected chi connectivity index (χ4v) is 3.21. The molecule has 3 rings (SSSR count). The van der Waals surface area contributed by atoms with E-state index in [1.807, 2.05) is 16.6 Å². The number of hydrogen-bond acceptors (Lipinski definition) is 2. The van der Waals surface area contributed by atoms with Gasteiger partial charge < -0.3 is 4.90 Å². The van der Waals surface area contributed by atoms with E-state index in [0.29, 0.717) is 0 Å². The van der Waals surface area contributed by atoms with Crippen molar-refractivity contribution in [3.63, 3.8) is 0 Å². The van der Waals surface area contributed by atoms with Crippen LogP contribution >= 0.6 is 0 Å². The number of hydrogen-bond donors (Lipinski definition) is 0. The average Bonchev–Trinajstić information content (AvgIpc) is 2.84. The number of carbonyl (C=O) groups excluding carboxylic acids is 1. The molecule has 4 nitrogen and oxygen atoms in total. The van der Waals surface area contributed by atoms with E-state index < -0.39 is 0 Å². The van der Waals surface area contributed by atoms with Crippen LogP contribution < -0.4 is 0 Å². The molecule has 1 aliphatic heterocycles. The van der Waals surface area contributed by atoms with Crippen molar-refractivity contribution in [2.45, 2.75) is 44.9 Å². The molecule has 0 bridgehead atoms. The van der Waals surface area contributed by atoms with Gasteiger partial charge >= 0.3 is 0 Å². The predicted octanol–water partition coefficient (Wildman–Crippen LogP) is 1.93. The Morgan fingerprint density at radius 1 is 1.06 bits per heavy atom. The fraction of sp³-hybridized carbons (Fsp3) is 0.714. The molecule has 4 heteroatoms. The largest absolute Gasteiger partial charge is 0.337 e. The Morgan fingerprint density at radius 2 is 1.78 bits per heavy atom. The third-order valence-electron chi connectivity index (χ3n) is 4.21. The van der Waals surface area contributed by atoms with Crippen LogP contribution in [0.1, 0.15) is 53.8 Å². The molecule has 98 valence electrons. The van der Waals surface area contributed by atoms with Crippen molar-refractivity contribution in [1.82, 2.24) is 14.7 Å². The quantitative estimate of drug-likeness (QED) is 0.760. The van der Waals surface area contributed by atoms with Crippen molar-refractivity contribution in [3.8, 4) is 0 Å². The van der Waals surface area contributed by atoms with Crippen LogP contribution in [0.3, 0.4) is 0 Å². The van der Waals surface area contributed by atoms with Gasteiger partial charge in [-0.3, -0.25) is 9.48 Å². The molecule has 0 N–H and O–H groups in total. The first kappa shape index (κ1) is 11.8. The van der Waals surface area contributed by atoms with Crippen molar-refractivity contribution in [1.29, 1.82) is 0 Å². The van der Waals surface area contributed by atoms with E-state index in [2.05, 4.69) is 5.10 Å². The highest BCUT2D eigenvalue weighted by Gasteiger charge is 2.28. The number of amides is 1. The summed E-state index contributed by atoms with van der Waals surface area (Å²) >= 11 is 0. The Labute approximate surface area is 108 Å². The predicted molar refractivity (Wildman–Crippen MR) is 69.6 cm³/mol. The van der Waals surface area contributed by atoms with Crippen molar-refractivity contribution in [2.75, 3.05) is 13.1 Å². The SMILES string of the molecule is Cn1nc(C(=O)N2CCCCCC2)c2c1CCC2. The summed E-state index contributed by atoms with van der Waals surface area (Å²) in [6, 6.07) is 0. The van der Waals surface area contributed by atoms with E-state index >= 15 is 0 Å². The summed E-state index contributed by atoms with van der Waals surface area (Å²) in [5.41, 5.74) is 3.21. The van der Waals surface area contributed by atoms with Crippen LogP contribution in [0.15, 0.2) is 0 Å². The van der Waals surface area contributed by atoms with Gasteiger partial charge in [-0.1, -0.05) is 12.8 Å². The number of likely N-dealkylation sites (tertiary alicyclic amines) is 1. The Morgan fingerprint density at radius 3 is 2.50 bits per heavy atom. The van der Waals surface area contributed by atoms with Gasteiger partial charge in [0.15, 0.2) is 5.69 Å². The molecular formula is C14H21N3O. The first-order valence-electron chi connectivity index (χ1n) is 7.11. The number of nitrogens with zero attached hydrogens (tertiary/aromatic N) is 3. The Kier molecular flexibility index (Phi) is 3.10. The standard InChI is InChI=1S/C14H21N3O/c1-16-12-8-6-7-11(12)13(15-16)14(18)17-9-4-2-3-5-10-17/h2-10H2,1H3. The molecule has 1 aliphatic carbocycles. The maximum absolute atomic E-state index is 12.6. The number of aromatic nitrogens is 2. The zero-order valence-electron chi connectivity index (χ0n) is 11.1. The molecule has 0 aromatic carbocycles. The van der Waals surface area contributed by atoms with E-state index in [1.165, 1.54) is 30.5 Å². The topological polar surface area (TPSA) is 38.1 Å². The lowest BCUT2D eigenvalue weighted by molar-refractivity contribution is 0.0754. The fourth-order valence-electron chi connectivity index (χ4n) is 3.21. The lowest BCUT2D eigenvalue weighted by atomic mass is 10.2. The highest BCUT2D eigenvalue weighted by atomic mass is 16.2. The Balaban J connectivity index is 1.85. The molecule has 2 heterocycles. The molecule has 0 spiro atoms. The summed E-state index contributed by atoms with van der Waals surface area (Å²) in [4.78, 5) is 14.6. The van der Waals surface area contributed by atoms with Crippen LogP contribution in [0, 0.1) is 0 Å². The molecule has 1 amide bonds. The molecule has 1 aromatic heterocycles. The van der Waals surface area contributed by atoms with Crippen LogP contribution in [0.25, 0.3) is 0 Å². The number of aryl methyl sites for hydroxylation is 1. The zero-order valence-corrected chi connectivity index (χ0v) is 11.1. The van der Waals surface area contributed by atoms with Crippen LogP contribution in [-0.4, -0.2) is 33.7 Å². The molecule has 0 atom stereocenters. The lowest BCUT2D eigenvalue weighted by Crippen LogP contribution is -2.32. The second-order valence-corrected chi connectivity index (χ2v) is 5.46. The maximum atomic E-state index is 12.6. The molecule has 2 aliphatic rings. The number of carbonyl (C=O) groups is 1. The number of fused-ring (bicyclic) bond motifs is 1. The van der Waals surface area contributed by atoms with Crippen molar-refractivity contribution in [2.24, 2.45) is 7.05 Å². The van der Waals surface area contributed by atoms with E-state index in [1.54, 1.807) is 0 Å². The third kappa shape index (κ3) is 1.93. The van der Waals surface area contributed by atoms with Crippen LogP contribution in [-0.2, 0) is 19.9 Å². The minimum Gasteiger partial charge on any atom is -0.337 e. The minimum absolute atomic E-state index is 0.163. The monoisotopic (exact) mass is 247 g/mol. The van der Waals surface area contributed by atoms with Crippen molar-refractivity contribution >= 4 is 5.91 Å². The molecular weight excluding hydrogens is 226 g/mol. The van der Waals surface area contributed by atoms with Crippen LogP contribution in [0.5, 0.6) is 0 Å². The van der Waals surface area contributed by atoms with Gasteiger partial charge in [-0.05, 0) is 32.1 Å². The zero-order chi connectivity index (χ0) is 12.5. The molecule has 18 heavy (non-hydrogen) atoms. The summed E-state index contributed by atoms with van der Waals surface area (Å²) in [7, 11) is 1.96. The van der Waals surface area contributed by atoms with Crippen LogP contribution in [0.4, 0.5) is 0 Å². The van der Waals surface area contributed by atoms with Gasteiger partial charge in [0.1, 0.15) is 0 Å². The van der Waals surface area contributed by atoms with Crippen LogP contribution in [0.2, 0.25) is 0 Å². The van der Waals surface area contributed by atoms with E-state index in [4.69, 9.17) is 0 Å². The minimum atomic E-state index is 0.163. The summed E-state index contributed by atoms with van der Waals surface area (Å²) in [6.07, 6.45) is 8.06. The third-order valence-corrected chi connectivity index (χ3v) is 4.21. The summed E-state index contributed by atoms with van der Waals surface area (Å²) in [5, 5.41) is 4.46. The van der Waals surface area contributed by atoms with Crippen molar-refractivity contribution in [3.05, 3.63) is 17.0 Å². The number of rotatable bonds is 1. The first-order valence-corrected chi connectivity index (χ1v) is 7.11. The Hall–Kier alpha value is -1.32. The van der Waals surface area contributed by atoms with Gasteiger partial charge in [0.2, 0.25) is 0 Å². The van der Waals surface area contributed by atoms with E-state index in [-0.39, 0.29) is 5.91 Å². The summed E-state index contributed by atoms with van der Waals surface area (Å²) in [5.74, 6) is 0.163.